The number of pyridine rings is 1. The lowest BCUT2D eigenvalue weighted by Crippen LogP contribution is -2.28. The van der Waals surface area contributed by atoms with Crippen molar-refractivity contribution in [3.63, 3.8) is 0 Å². The van der Waals surface area contributed by atoms with E-state index >= 15 is 0 Å². The summed E-state index contributed by atoms with van der Waals surface area (Å²) in [4.78, 5) is 24.0. The van der Waals surface area contributed by atoms with Gasteiger partial charge in [0, 0.05) is 37.0 Å². The number of aromatic nitrogens is 7. The highest BCUT2D eigenvalue weighted by Gasteiger charge is 2.38. The summed E-state index contributed by atoms with van der Waals surface area (Å²) in [6.07, 6.45) is 0.0267. The zero-order chi connectivity index (χ0) is 24.2. The van der Waals surface area contributed by atoms with Crippen LogP contribution >= 0.6 is 0 Å². The monoisotopic (exact) mass is 468 g/mol. The van der Waals surface area contributed by atoms with E-state index in [0.717, 1.165) is 30.8 Å². The van der Waals surface area contributed by atoms with Gasteiger partial charge in [0.25, 0.3) is 5.56 Å². The number of halogens is 3. The van der Waals surface area contributed by atoms with Gasteiger partial charge in [-0.25, -0.2) is 9.67 Å². The summed E-state index contributed by atoms with van der Waals surface area (Å²) in [7, 11) is 1.86. The molecule has 0 radical (unpaired) electrons. The summed E-state index contributed by atoms with van der Waals surface area (Å²) >= 11 is 0. The summed E-state index contributed by atoms with van der Waals surface area (Å²) in [5.74, 6) is 0.583. The second-order valence-electron chi connectivity index (χ2n) is 8.38. The van der Waals surface area contributed by atoms with Crippen LogP contribution in [0.15, 0.2) is 35.4 Å². The molecule has 1 fully saturated rings. The van der Waals surface area contributed by atoms with Gasteiger partial charge in [0.05, 0.1) is 6.04 Å². The molecule has 0 saturated heterocycles. The highest BCUT2D eigenvalue weighted by Crippen LogP contribution is 2.47. The Hall–Kier alpha value is -4.01. The number of H-pyrrole nitrogens is 1. The summed E-state index contributed by atoms with van der Waals surface area (Å²) in [5.41, 5.74) is 0.0965. The van der Waals surface area contributed by atoms with Crippen molar-refractivity contribution in [2.45, 2.75) is 43.8 Å². The van der Waals surface area contributed by atoms with Crippen LogP contribution in [0.25, 0.3) is 11.0 Å². The topological polar surface area (TPSA) is 118 Å². The number of hydrogen-bond donors (Lipinski definition) is 1. The molecule has 9 nitrogen and oxygen atoms in total. The molecular weight excluding hydrogens is 449 g/mol. The number of aryl methyl sites for hydroxylation is 1. The quantitative estimate of drug-likeness (QED) is 0.490. The van der Waals surface area contributed by atoms with Crippen LogP contribution in [0.5, 0.6) is 0 Å². The van der Waals surface area contributed by atoms with Crippen molar-refractivity contribution in [1.82, 2.24) is 34.5 Å². The molecule has 0 aromatic carbocycles. The zero-order valence-corrected chi connectivity index (χ0v) is 18.2. The van der Waals surface area contributed by atoms with E-state index in [2.05, 4.69) is 25.1 Å². The first-order chi connectivity index (χ1) is 16.2. The number of rotatable bonds is 4. The van der Waals surface area contributed by atoms with Crippen LogP contribution in [-0.2, 0) is 13.2 Å². The van der Waals surface area contributed by atoms with Crippen molar-refractivity contribution in [2.24, 2.45) is 7.05 Å². The number of nitrogens with zero attached hydrogens (tertiary/aromatic N) is 7. The summed E-state index contributed by atoms with van der Waals surface area (Å²) < 4.78 is 41.9. The van der Waals surface area contributed by atoms with Gasteiger partial charge < -0.3 is 4.98 Å². The first-order valence-corrected chi connectivity index (χ1v) is 10.6. The van der Waals surface area contributed by atoms with Crippen LogP contribution in [-0.4, -0.2) is 34.5 Å². The Bertz CT molecular complexity index is 1480. The summed E-state index contributed by atoms with van der Waals surface area (Å²) in [5, 5.41) is 18.1. The molecule has 1 N–H and O–H groups in total. The molecule has 0 aliphatic heterocycles. The smallest absolute Gasteiger partial charge is 0.310 e. The molecule has 4 aromatic heterocycles. The minimum atomic E-state index is -4.55. The van der Waals surface area contributed by atoms with E-state index in [9.17, 15) is 23.2 Å². The van der Waals surface area contributed by atoms with Crippen molar-refractivity contribution < 1.29 is 13.2 Å². The van der Waals surface area contributed by atoms with Crippen LogP contribution < -0.4 is 5.56 Å². The van der Waals surface area contributed by atoms with E-state index in [1.807, 2.05) is 19.2 Å². The fraction of sp³-hybridized carbons (Fsp3) is 0.364. The first kappa shape index (κ1) is 21.8. The lowest BCUT2D eigenvalue weighted by atomic mass is 9.71. The number of fused-ring (bicyclic) bond motifs is 1. The van der Waals surface area contributed by atoms with Crippen molar-refractivity contribution in [1.29, 1.82) is 5.26 Å². The minimum Gasteiger partial charge on any atom is -0.310 e. The molecule has 1 aliphatic carbocycles. The van der Waals surface area contributed by atoms with Crippen molar-refractivity contribution in [2.75, 3.05) is 0 Å². The molecule has 4 heterocycles. The predicted octanol–water partition coefficient (Wildman–Crippen LogP) is 3.41. The highest BCUT2D eigenvalue weighted by atomic mass is 19.4. The van der Waals surface area contributed by atoms with E-state index < -0.39 is 23.5 Å². The number of alkyl halides is 3. The molecule has 0 unspecified atom stereocenters. The van der Waals surface area contributed by atoms with Gasteiger partial charge in [-0.3, -0.25) is 14.5 Å². The van der Waals surface area contributed by atoms with Gasteiger partial charge in [-0.15, -0.1) is 0 Å². The van der Waals surface area contributed by atoms with Gasteiger partial charge in [0.1, 0.15) is 23.0 Å². The van der Waals surface area contributed by atoms with E-state index in [1.54, 1.807) is 17.8 Å². The number of nitrogens with one attached hydrogen (secondary N) is 1. The molecule has 3 atom stereocenters. The van der Waals surface area contributed by atoms with E-state index in [0.29, 0.717) is 11.4 Å². The zero-order valence-electron chi connectivity index (χ0n) is 18.2. The van der Waals surface area contributed by atoms with Gasteiger partial charge in [-0.2, -0.15) is 28.6 Å². The Kier molecular flexibility index (Phi) is 5.00. The van der Waals surface area contributed by atoms with Crippen LogP contribution in [0.4, 0.5) is 13.2 Å². The molecule has 0 amide bonds. The molecule has 1 saturated carbocycles. The Labute approximate surface area is 190 Å². The van der Waals surface area contributed by atoms with Gasteiger partial charge in [0.2, 0.25) is 0 Å². The van der Waals surface area contributed by atoms with Crippen LogP contribution in [0.3, 0.4) is 0 Å². The van der Waals surface area contributed by atoms with Crippen molar-refractivity contribution in [3.8, 4) is 6.07 Å². The van der Waals surface area contributed by atoms with Gasteiger partial charge in [-0.1, -0.05) is 6.07 Å². The maximum absolute atomic E-state index is 13.0. The molecule has 1 aliphatic rings. The maximum atomic E-state index is 13.0. The molecule has 0 bridgehead atoms. The Morgan fingerprint density at radius 1 is 1.24 bits per heavy atom. The second kappa shape index (κ2) is 7.79. The third-order valence-corrected chi connectivity index (χ3v) is 6.48. The molecule has 4 aromatic rings. The Morgan fingerprint density at radius 3 is 2.56 bits per heavy atom. The van der Waals surface area contributed by atoms with Gasteiger partial charge >= 0.3 is 6.18 Å². The fourth-order valence-electron chi connectivity index (χ4n) is 4.48. The predicted molar refractivity (Wildman–Crippen MR) is 114 cm³/mol. The summed E-state index contributed by atoms with van der Waals surface area (Å²) in [6.45, 7) is 1.70. The van der Waals surface area contributed by atoms with Gasteiger partial charge in [0.15, 0.2) is 11.3 Å². The maximum Gasteiger partial charge on any atom is 0.433 e. The SMILES string of the molecule is C[C@@H](c1ccc(C(F)(F)F)nc1)n1nc(C#N)c2c(=O)[nH]c([C@@H]3CC[C@H]3c3ccnn3C)nc21. The second-order valence-corrected chi connectivity index (χ2v) is 8.38. The van der Waals surface area contributed by atoms with Crippen molar-refractivity contribution in [3.05, 3.63) is 69.4 Å². The Balaban J connectivity index is 1.58. The van der Waals surface area contributed by atoms with Crippen LogP contribution in [0.2, 0.25) is 0 Å². The number of aromatic amines is 1. The third kappa shape index (κ3) is 3.44. The molecular formula is C22H19F3N8O. The fourth-order valence-corrected chi connectivity index (χ4v) is 4.48. The van der Waals surface area contributed by atoms with Crippen LogP contribution in [0, 0.1) is 11.3 Å². The molecule has 34 heavy (non-hydrogen) atoms. The third-order valence-electron chi connectivity index (χ3n) is 6.48. The molecule has 12 heteroatoms. The standard InChI is InChI=1S/C22H19F3N8O/c1-11(12-3-6-17(27-10-12)22(23,24)25)33-20-18(15(9-26)31-33)21(34)30-19(29-20)14-5-4-13(14)16-7-8-28-32(16)2/h3,6-8,10-11,13-14H,4-5H2,1-2H3,(H,29,30,34)/t11-,13+,14+/m0/s1. The summed E-state index contributed by atoms with van der Waals surface area (Å²) in [6, 6.07) is 5.43. The highest BCUT2D eigenvalue weighted by molar-refractivity contribution is 5.80. The number of nitriles is 1. The average molecular weight is 468 g/mol. The Morgan fingerprint density at radius 2 is 2.00 bits per heavy atom. The molecule has 0 spiro atoms. The lowest BCUT2D eigenvalue weighted by molar-refractivity contribution is -0.141. The van der Waals surface area contributed by atoms with Crippen LogP contribution in [0.1, 0.15) is 66.1 Å². The lowest BCUT2D eigenvalue weighted by Gasteiger charge is -2.35. The normalized spacial score (nSPS) is 19.1. The molecule has 5 rings (SSSR count). The van der Waals surface area contributed by atoms with Gasteiger partial charge in [-0.05, 0) is 37.5 Å². The number of hydrogen-bond acceptors (Lipinski definition) is 6. The largest absolute Gasteiger partial charge is 0.433 e. The van der Waals surface area contributed by atoms with E-state index in [-0.39, 0.29) is 28.6 Å². The minimum absolute atomic E-state index is 0.0376. The first-order valence-electron chi connectivity index (χ1n) is 10.6. The average Bonchev–Trinajstić information content (AvgIpc) is 3.36. The van der Waals surface area contributed by atoms with E-state index in [1.165, 1.54) is 10.7 Å². The van der Waals surface area contributed by atoms with Crippen molar-refractivity contribution >= 4 is 11.0 Å². The van der Waals surface area contributed by atoms with E-state index in [4.69, 9.17) is 0 Å². The molecule has 174 valence electrons.